The molecule has 1 aliphatic rings. The Labute approximate surface area is 146 Å². The first kappa shape index (κ1) is 17.2. The second-order valence-electron chi connectivity index (χ2n) is 6.47. The first-order valence-corrected chi connectivity index (χ1v) is 8.24. The number of ether oxygens (including phenoxy) is 1. The van der Waals surface area contributed by atoms with Crippen LogP contribution in [0.1, 0.15) is 33.9 Å². The molecule has 0 aliphatic carbocycles. The van der Waals surface area contributed by atoms with Crippen molar-refractivity contribution in [3.63, 3.8) is 0 Å². The van der Waals surface area contributed by atoms with Gasteiger partial charge in [-0.25, -0.2) is 4.79 Å². The van der Waals surface area contributed by atoms with Crippen molar-refractivity contribution in [2.75, 3.05) is 0 Å². The zero-order chi connectivity index (χ0) is 18.0. The van der Waals surface area contributed by atoms with Crippen LogP contribution in [0.25, 0.3) is 0 Å². The lowest BCUT2D eigenvalue weighted by atomic mass is 9.97. The Morgan fingerprint density at radius 2 is 1.76 bits per heavy atom. The van der Waals surface area contributed by atoms with E-state index in [1.54, 1.807) is 12.1 Å². The number of benzene rings is 2. The summed E-state index contributed by atoms with van der Waals surface area (Å²) in [6.45, 7) is 4.16. The summed E-state index contributed by atoms with van der Waals surface area (Å²) in [5, 5.41) is 12.2. The molecule has 0 aromatic heterocycles. The van der Waals surface area contributed by atoms with Crippen LogP contribution in [-0.4, -0.2) is 23.1 Å². The number of nitrogens with one attached hydrogen (secondary N) is 1. The van der Waals surface area contributed by atoms with Crippen molar-refractivity contribution >= 4 is 11.9 Å². The molecule has 2 unspecified atom stereocenters. The Bertz CT molecular complexity index is 795. The summed E-state index contributed by atoms with van der Waals surface area (Å²) in [5.74, 6) is -1.49. The standard InChI is InChI=1S/C20H21NO4/c1-12-7-13(2)9-16(8-12)18(20(23)24)21-19(22)17-10-14-5-3-4-6-15(14)11-25-17/h3-9,17-18H,10-11H2,1-2H3,(H,21,22)(H,23,24). The highest BCUT2D eigenvalue weighted by Gasteiger charge is 2.30. The van der Waals surface area contributed by atoms with Gasteiger partial charge in [-0.05, 0) is 30.5 Å². The summed E-state index contributed by atoms with van der Waals surface area (Å²) in [4.78, 5) is 24.3. The summed E-state index contributed by atoms with van der Waals surface area (Å²) in [7, 11) is 0. The SMILES string of the molecule is Cc1cc(C)cc(C(NC(=O)C2Cc3ccccc3CO2)C(=O)O)c1. The molecule has 130 valence electrons. The number of hydrogen-bond acceptors (Lipinski definition) is 3. The van der Waals surface area contributed by atoms with Gasteiger partial charge in [-0.1, -0.05) is 53.6 Å². The number of carboxylic acid groups (broad SMARTS) is 1. The van der Waals surface area contributed by atoms with Gasteiger partial charge in [-0.3, -0.25) is 4.79 Å². The second kappa shape index (κ2) is 7.07. The molecular weight excluding hydrogens is 318 g/mol. The van der Waals surface area contributed by atoms with E-state index in [0.717, 1.165) is 22.3 Å². The molecule has 2 aromatic carbocycles. The molecule has 1 amide bonds. The maximum atomic E-state index is 12.6. The van der Waals surface area contributed by atoms with Gasteiger partial charge in [0.25, 0.3) is 0 Å². The Morgan fingerprint density at radius 3 is 2.40 bits per heavy atom. The molecular formula is C20H21NO4. The van der Waals surface area contributed by atoms with Crippen molar-refractivity contribution in [2.24, 2.45) is 0 Å². The van der Waals surface area contributed by atoms with E-state index in [1.165, 1.54) is 0 Å². The van der Waals surface area contributed by atoms with E-state index in [2.05, 4.69) is 5.32 Å². The Hall–Kier alpha value is -2.66. The molecule has 0 saturated carbocycles. The second-order valence-corrected chi connectivity index (χ2v) is 6.47. The molecule has 2 aromatic rings. The normalized spacial score (nSPS) is 17.4. The number of amides is 1. The van der Waals surface area contributed by atoms with Gasteiger partial charge in [0.1, 0.15) is 6.10 Å². The Morgan fingerprint density at radius 1 is 1.12 bits per heavy atom. The van der Waals surface area contributed by atoms with Gasteiger partial charge in [0.15, 0.2) is 6.04 Å². The molecule has 3 rings (SSSR count). The largest absolute Gasteiger partial charge is 0.479 e. The number of rotatable bonds is 4. The van der Waals surface area contributed by atoms with E-state index in [1.807, 2.05) is 44.2 Å². The topological polar surface area (TPSA) is 75.6 Å². The molecule has 0 fully saturated rings. The van der Waals surface area contributed by atoms with Gasteiger partial charge in [0.2, 0.25) is 5.91 Å². The number of carbonyl (C=O) groups is 2. The maximum Gasteiger partial charge on any atom is 0.330 e. The predicted molar refractivity (Wildman–Crippen MR) is 93.2 cm³/mol. The molecule has 0 bridgehead atoms. The van der Waals surface area contributed by atoms with E-state index in [9.17, 15) is 14.7 Å². The highest BCUT2D eigenvalue weighted by Crippen LogP contribution is 2.22. The van der Waals surface area contributed by atoms with Gasteiger partial charge in [0, 0.05) is 6.42 Å². The van der Waals surface area contributed by atoms with Crippen LogP contribution in [0.3, 0.4) is 0 Å². The van der Waals surface area contributed by atoms with Crippen LogP contribution in [0.4, 0.5) is 0 Å². The molecule has 25 heavy (non-hydrogen) atoms. The third kappa shape index (κ3) is 3.88. The lowest BCUT2D eigenvalue weighted by molar-refractivity contribution is -0.145. The summed E-state index contributed by atoms with van der Waals surface area (Å²) in [5.41, 5.74) is 4.61. The fourth-order valence-corrected chi connectivity index (χ4v) is 3.21. The van der Waals surface area contributed by atoms with Crippen LogP contribution in [0.5, 0.6) is 0 Å². The zero-order valence-electron chi connectivity index (χ0n) is 14.3. The third-order valence-electron chi connectivity index (χ3n) is 4.37. The van der Waals surface area contributed by atoms with Gasteiger partial charge in [0.05, 0.1) is 6.61 Å². The third-order valence-corrected chi connectivity index (χ3v) is 4.37. The monoisotopic (exact) mass is 339 g/mol. The number of aliphatic carboxylic acids is 1. The zero-order valence-corrected chi connectivity index (χ0v) is 14.3. The molecule has 5 heteroatoms. The van der Waals surface area contributed by atoms with Crippen molar-refractivity contribution in [2.45, 2.75) is 39.0 Å². The first-order valence-electron chi connectivity index (χ1n) is 8.24. The average molecular weight is 339 g/mol. The molecule has 0 saturated heterocycles. The molecule has 5 nitrogen and oxygen atoms in total. The Kier molecular flexibility index (Phi) is 4.86. The van der Waals surface area contributed by atoms with E-state index < -0.39 is 24.0 Å². The molecule has 2 N–H and O–H groups in total. The summed E-state index contributed by atoms with van der Waals surface area (Å²) in [6, 6.07) is 12.2. The average Bonchev–Trinajstić information content (AvgIpc) is 2.57. The van der Waals surface area contributed by atoms with E-state index >= 15 is 0 Å². The number of carbonyl (C=O) groups excluding carboxylic acids is 1. The minimum Gasteiger partial charge on any atom is -0.479 e. The quantitative estimate of drug-likeness (QED) is 0.898. The van der Waals surface area contributed by atoms with Gasteiger partial charge in [-0.15, -0.1) is 0 Å². The van der Waals surface area contributed by atoms with Crippen LogP contribution >= 0.6 is 0 Å². The first-order chi connectivity index (χ1) is 11.9. The van der Waals surface area contributed by atoms with Crippen LogP contribution in [-0.2, 0) is 27.4 Å². The van der Waals surface area contributed by atoms with Crippen LogP contribution in [0, 0.1) is 13.8 Å². The van der Waals surface area contributed by atoms with Crippen molar-refractivity contribution in [3.8, 4) is 0 Å². The highest BCUT2D eigenvalue weighted by atomic mass is 16.5. The van der Waals surface area contributed by atoms with Gasteiger partial charge in [-0.2, -0.15) is 0 Å². The minimum absolute atomic E-state index is 0.357. The minimum atomic E-state index is -1.09. The molecule has 1 aliphatic heterocycles. The number of carboxylic acids is 1. The number of aryl methyl sites for hydroxylation is 2. The fourth-order valence-electron chi connectivity index (χ4n) is 3.21. The molecule has 0 radical (unpaired) electrons. The molecule has 2 atom stereocenters. The van der Waals surface area contributed by atoms with Gasteiger partial charge >= 0.3 is 5.97 Å². The summed E-state index contributed by atoms with van der Waals surface area (Å²) >= 11 is 0. The summed E-state index contributed by atoms with van der Waals surface area (Å²) in [6.07, 6.45) is -0.232. The molecule has 1 heterocycles. The van der Waals surface area contributed by atoms with Crippen molar-refractivity contribution in [1.82, 2.24) is 5.32 Å². The fraction of sp³-hybridized carbons (Fsp3) is 0.300. The maximum absolute atomic E-state index is 12.6. The van der Waals surface area contributed by atoms with E-state index in [0.29, 0.717) is 18.6 Å². The van der Waals surface area contributed by atoms with Crippen molar-refractivity contribution in [3.05, 3.63) is 70.3 Å². The lowest BCUT2D eigenvalue weighted by Crippen LogP contribution is -2.43. The lowest BCUT2D eigenvalue weighted by Gasteiger charge is -2.26. The van der Waals surface area contributed by atoms with Crippen LogP contribution in [0.15, 0.2) is 42.5 Å². The van der Waals surface area contributed by atoms with E-state index in [4.69, 9.17) is 4.74 Å². The molecule has 0 spiro atoms. The van der Waals surface area contributed by atoms with Crippen molar-refractivity contribution in [1.29, 1.82) is 0 Å². The number of fused-ring (bicyclic) bond motifs is 1. The number of hydrogen-bond donors (Lipinski definition) is 2. The van der Waals surface area contributed by atoms with Crippen LogP contribution in [0.2, 0.25) is 0 Å². The smallest absolute Gasteiger partial charge is 0.330 e. The Balaban J connectivity index is 1.77. The predicted octanol–water partition coefficient (Wildman–Crippen LogP) is 2.69. The summed E-state index contributed by atoms with van der Waals surface area (Å²) < 4.78 is 5.63. The van der Waals surface area contributed by atoms with Crippen molar-refractivity contribution < 1.29 is 19.4 Å². The van der Waals surface area contributed by atoms with Crippen LogP contribution < -0.4 is 5.32 Å². The van der Waals surface area contributed by atoms with E-state index in [-0.39, 0.29) is 0 Å². The van der Waals surface area contributed by atoms with Gasteiger partial charge < -0.3 is 15.2 Å². The highest BCUT2D eigenvalue weighted by molar-refractivity contribution is 5.87.